The topological polar surface area (TPSA) is 80.3 Å². The molecular weight excluding hydrogens is 369 g/mol. The number of nitrogens with one attached hydrogen (secondary N) is 2. The predicted molar refractivity (Wildman–Crippen MR) is 102 cm³/mol. The highest BCUT2D eigenvalue weighted by Gasteiger charge is 2.17. The van der Waals surface area contributed by atoms with Gasteiger partial charge in [0.1, 0.15) is 16.4 Å². The first-order valence-corrected chi connectivity index (χ1v) is 8.77. The lowest BCUT2D eigenvalue weighted by Crippen LogP contribution is -2.11. The number of carbonyl (C=O) groups is 2. The van der Waals surface area contributed by atoms with Crippen molar-refractivity contribution >= 4 is 34.0 Å². The molecule has 0 radical (unpaired) electrons. The van der Waals surface area contributed by atoms with Gasteiger partial charge in [-0.15, -0.1) is 0 Å². The second kappa shape index (κ2) is 7.96. The van der Waals surface area contributed by atoms with Gasteiger partial charge in [0.2, 0.25) is 0 Å². The number of hydrogen-bond donors (Lipinski definition) is 2. The minimum absolute atomic E-state index is 0.293. The third-order valence-corrected chi connectivity index (χ3v) is 4.75. The molecule has 138 valence electrons. The number of carbonyl (C=O) groups excluding carboxylic acids is 2. The summed E-state index contributed by atoms with van der Waals surface area (Å²) in [6.07, 6.45) is 0. The van der Waals surface area contributed by atoms with Crippen LogP contribution in [0.15, 0.2) is 48.5 Å². The third kappa shape index (κ3) is 4.48. The monoisotopic (exact) mass is 385 g/mol. The molecule has 0 spiro atoms. The number of benzene rings is 2. The van der Waals surface area contributed by atoms with Crippen molar-refractivity contribution in [1.29, 1.82) is 0 Å². The average Bonchev–Trinajstić information content (AvgIpc) is 3.03. The molecule has 0 unspecified atom stereocenters. The Balaban J connectivity index is 1.70. The lowest BCUT2D eigenvalue weighted by Gasteiger charge is -2.05. The fourth-order valence-corrected chi connectivity index (χ4v) is 3.15. The summed E-state index contributed by atoms with van der Waals surface area (Å²) in [4.78, 5) is 29.3. The van der Waals surface area contributed by atoms with Gasteiger partial charge in [0, 0.05) is 11.3 Å². The summed E-state index contributed by atoms with van der Waals surface area (Å²) in [7, 11) is 1.57. The Morgan fingerprint density at radius 2 is 1.67 bits per heavy atom. The first-order chi connectivity index (χ1) is 13.0. The number of ether oxygens (including phenoxy) is 1. The van der Waals surface area contributed by atoms with E-state index in [0.717, 1.165) is 11.3 Å². The fraction of sp³-hybridized carbons (Fsp3) is 0.105. The number of anilines is 2. The maximum absolute atomic E-state index is 12.9. The number of aromatic nitrogens is 1. The normalized spacial score (nSPS) is 10.3. The standard InChI is InChI=1S/C19H16FN3O3S/c1-11-16(18(25)22-14-7-9-15(26-2)10-8-14)27-19(21-11)23-17(24)12-3-5-13(20)6-4-12/h3-10H,1-2H3,(H,22,25)(H,21,23,24). The van der Waals surface area contributed by atoms with Crippen LogP contribution in [0.5, 0.6) is 5.75 Å². The van der Waals surface area contributed by atoms with E-state index in [0.29, 0.717) is 32.7 Å². The van der Waals surface area contributed by atoms with E-state index in [4.69, 9.17) is 4.74 Å². The molecule has 6 nitrogen and oxygen atoms in total. The highest BCUT2D eigenvalue weighted by molar-refractivity contribution is 7.17. The molecule has 0 saturated heterocycles. The number of rotatable bonds is 5. The number of hydrogen-bond acceptors (Lipinski definition) is 5. The zero-order chi connectivity index (χ0) is 19.4. The van der Waals surface area contributed by atoms with Crippen molar-refractivity contribution in [2.45, 2.75) is 6.92 Å². The Kier molecular flexibility index (Phi) is 5.46. The summed E-state index contributed by atoms with van der Waals surface area (Å²) in [5.41, 5.74) is 1.42. The molecule has 0 fully saturated rings. The van der Waals surface area contributed by atoms with E-state index in [1.165, 1.54) is 24.3 Å². The summed E-state index contributed by atoms with van der Waals surface area (Å²) < 4.78 is 18.0. The van der Waals surface area contributed by atoms with E-state index in [2.05, 4.69) is 15.6 Å². The van der Waals surface area contributed by atoms with Gasteiger partial charge in [-0.05, 0) is 55.5 Å². The number of methoxy groups -OCH3 is 1. The molecule has 3 rings (SSSR count). The van der Waals surface area contributed by atoms with E-state index >= 15 is 0 Å². The van der Waals surface area contributed by atoms with E-state index in [9.17, 15) is 14.0 Å². The van der Waals surface area contributed by atoms with Crippen LogP contribution in [-0.2, 0) is 0 Å². The van der Waals surface area contributed by atoms with E-state index < -0.39 is 11.7 Å². The summed E-state index contributed by atoms with van der Waals surface area (Å²) in [6.45, 7) is 1.69. The number of halogens is 1. The van der Waals surface area contributed by atoms with Crippen LogP contribution in [0, 0.1) is 12.7 Å². The summed E-state index contributed by atoms with van der Waals surface area (Å²) in [5.74, 6) is -0.481. The molecule has 0 aliphatic rings. The molecule has 0 atom stereocenters. The zero-order valence-electron chi connectivity index (χ0n) is 14.6. The summed E-state index contributed by atoms with van der Waals surface area (Å²) in [5, 5.41) is 5.69. The molecule has 1 heterocycles. The Morgan fingerprint density at radius 3 is 2.30 bits per heavy atom. The molecule has 2 aromatic carbocycles. The van der Waals surface area contributed by atoms with Crippen LogP contribution in [0.1, 0.15) is 25.7 Å². The van der Waals surface area contributed by atoms with Gasteiger partial charge in [0.15, 0.2) is 5.13 Å². The van der Waals surface area contributed by atoms with Gasteiger partial charge in [0.05, 0.1) is 12.8 Å². The van der Waals surface area contributed by atoms with Crippen molar-refractivity contribution in [3.05, 3.63) is 70.5 Å². The van der Waals surface area contributed by atoms with Crippen molar-refractivity contribution < 1.29 is 18.7 Å². The molecule has 2 amide bonds. The van der Waals surface area contributed by atoms with Gasteiger partial charge in [0.25, 0.3) is 11.8 Å². The molecule has 0 aliphatic heterocycles. The van der Waals surface area contributed by atoms with Crippen molar-refractivity contribution in [3.63, 3.8) is 0 Å². The van der Waals surface area contributed by atoms with Crippen molar-refractivity contribution in [2.75, 3.05) is 17.7 Å². The van der Waals surface area contributed by atoms with Gasteiger partial charge in [-0.1, -0.05) is 11.3 Å². The predicted octanol–water partition coefficient (Wildman–Crippen LogP) is 4.10. The first-order valence-electron chi connectivity index (χ1n) is 7.96. The van der Waals surface area contributed by atoms with Crippen molar-refractivity contribution in [2.24, 2.45) is 0 Å². The lowest BCUT2D eigenvalue weighted by atomic mass is 10.2. The van der Waals surface area contributed by atoms with Crippen LogP contribution in [0.2, 0.25) is 0 Å². The Morgan fingerprint density at radius 1 is 1.00 bits per heavy atom. The van der Waals surface area contributed by atoms with Crippen LogP contribution in [0.3, 0.4) is 0 Å². The third-order valence-electron chi connectivity index (χ3n) is 3.68. The smallest absolute Gasteiger partial charge is 0.267 e. The van der Waals surface area contributed by atoms with Gasteiger partial charge in [-0.25, -0.2) is 9.37 Å². The Bertz CT molecular complexity index is 969. The van der Waals surface area contributed by atoms with Gasteiger partial charge >= 0.3 is 0 Å². The highest BCUT2D eigenvalue weighted by atomic mass is 32.1. The van der Waals surface area contributed by atoms with E-state index in [1.807, 2.05) is 0 Å². The molecular formula is C19H16FN3O3S. The maximum atomic E-state index is 12.9. The SMILES string of the molecule is COc1ccc(NC(=O)c2sc(NC(=O)c3ccc(F)cc3)nc2C)cc1. The molecule has 2 N–H and O–H groups in total. The first kappa shape index (κ1) is 18.5. The second-order valence-electron chi connectivity index (χ2n) is 5.58. The molecule has 0 aliphatic carbocycles. The average molecular weight is 385 g/mol. The minimum Gasteiger partial charge on any atom is -0.497 e. The molecule has 1 aromatic heterocycles. The van der Waals surface area contributed by atoms with Crippen molar-refractivity contribution in [1.82, 2.24) is 4.98 Å². The number of thiazole rings is 1. The lowest BCUT2D eigenvalue weighted by molar-refractivity contribution is 0.102. The van der Waals surface area contributed by atoms with Gasteiger partial charge in [-0.3, -0.25) is 14.9 Å². The molecule has 27 heavy (non-hydrogen) atoms. The summed E-state index contributed by atoms with van der Waals surface area (Å²) in [6, 6.07) is 12.1. The number of amides is 2. The van der Waals surface area contributed by atoms with Crippen LogP contribution in [-0.4, -0.2) is 23.9 Å². The number of nitrogens with zero attached hydrogens (tertiary/aromatic N) is 1. The second-order valence-corrected chi connectivity index (χ2v) is 6.58. The zero-order valence-corrected chi connectivity index (χ0v) is 15.4. The summed E-state index contributed by atoms with van der Waals surface area (Å²) >= 11 is 1.07. The Labute approximate surface area is 159 Å². The van der Waals surface area contributed by atoms with Crippen molar-refractivity contribution in [3.8, 4) is 5.75 Å². The van der Waals surface area contributed by atoms with Crippen LogP contribution in [0.25, 0.3) is 0 Å². The fourth-order valence-electron chi connectivity index (χ4n) is 2.29. The Hall–Kier alpha value is -3.26. The largest absolute Gasteiger partial charge is 0.497 e. The number of aryl methyl sites for hydroxylation is 1. The van der Waals surface area contributed by atoms with Crippen LogP contribution >= 0.6 is 11.3 Å². The quantitative estimate of drug-likeness (QED) is 0.693. The van der Waals surface area contributed by atoms with E-state index in [1.54, 1.807) is 38.3 Å². The van der Waals surface area contributed by atoms with Gasteiger partial charge < -0.3 is 10.1 Å². The van der Waals surface area contributed by atoms with E-state index in [-0.39, 0.29) is 5.91 Å². The molecule has 8 heteroatoms. The van der Waals surface area contributed by atoms with Crippen LogP contribution in [0.4, 0.5) is 15.2 Å². The van der Waals surface area contributed by atoms with Crippen LogP contribution < -0.4 is 15.4 Å². The molecule has 0 saturated carbocycles. The minimum atomic E-state index is -0.425. The van der Waals surface area contributed by atoms with Gasteiger partial charge in [-0.2, -0.15) is 0 Å². The maximum Gasteiger partial charge on any atom is 0.267 e. The highest BCUT2D eigenvalue weighted by Crippen LogP contribution is 2.25. The molecule has 3 aromatic rings. The molecule has 0 bridgehead atoms.